The first-order chi connectivity index (χ1) is 8.08. The standard InChI is InChI=1S/C13H12BrFN2/c1-8-4-5-17-13(16)11(8)6-9-2-3-10(14)7-12(9)15/h2-5,7H,6H2,1H3,(H2,16,17). The molecular formula is C13H12BrFN2. The van der Waals surface area contributed by atoms with Crippen molar-refractivity contribution < 1.29 is 4.39 Å². The molecule has 0 aliphatic carbocycles. The van der Waals surface area contributed by atoms with Gasteiger partial charge in [0.05, 0.1) is 0 Å². The van der Waals surface area contributed by atoms with Crippen molar-refractivity contribution in [2.45, 2.75) is 13.3 Å². The van der Waals surface area contributed by atoms with Crippen LogP contribution in [0, 0.1) is 12.7 Å². The second-order valence-electron chi connectivity index (χ2n) is 3.90. The molecule has 0 amide bonds. The third-order valence-corrected chi connectivity index (χ3v) is 3.20. The van der Waals surface area contributed by atoms with Crippen LogP contribution in [-0.4, -0.2) is 4.98 Å². The Balaban J connectivity index is 2.38. The van der Waals surface area contributed by atoms with Crippen LogP contribution in [0.15, 0.2) is 34.9 Å². The smallest absolute Gasteiger partial charge is 0.127 e. The summed E-state index contributed by atoms with van der Waals surface area (Å²) in [5.74, 6) is 0.231. The van der Waals surface area contributed by atoms with E-state index < -0.39 is 0 Å². The highest BCUT2D eigenvalue weighted by Gasteiger charge is 2.09. The van der Waals surface area contributed by atoms with Gasteiger partial charge in [-0.05, 0) is 36.2 Å². The van der Waals surface area contributed by atoms with E-state index in [4.69, 9.17) is 5.73 Å². The van der Waals surface area contributed by atoms with Gasteiger partial charge >= 0.3 is 0 Å². The normalized spacial score (nSPS) is 10.5. The molecule has 0 spiro atoms. The summed E-state index contributed by atoms with van der Waals surface area (Å²) in [6.45, 7) is 1.95. The molecule has 0 aliphatic heterocycles. The van der Waals surface area contributed by atoms with Crippen LogP contribution in [0.4, 0.5) is 10.2 Å². The first-order valence-corrected chi connectivity index (χ1v) is 6.01. The number of anilines is 1. The van der Waals surface area contributed by atoms with Crippen molar-refractivity contribution in [3.8, 4) is 0 Å². The van der Waals surface area contributed by atoms with E-state index in [9.17, 15) is 4.39 Å². The molecule has 2 aromatic rings. The number of nitrogen functional groups attached to an aromatic ring is 1. The molecule has 2 nitrogen and oxygen atoms in total. The maximum Gasteiger partial charge on any atom is 0.127 e. The molecule has 88 valence electrons. The largest absolute Gasteiger partial charge is 0.383 e. The number of pyridine rings is 1. The number of hydrogen-bond acceptors (Lipinski definition) is 2. The van der Waals surface area contributed by atoms with E-state index in [1.807, 2.05) is 19.1 Å². The molecule has 0 saturated carbocycles. The zero-order valence-corrected chi connectivity index (χ0v) is 11.0. The van der Waals surface area contributed by atoms with Gasteiger partial charge in [-0.15, -0.1) is 0 Å². The maximum atomic E-state index is 13.7. The van der Waals surface area contributed by atoms with Crippen molar-refractivity contribution in [3.05, 3.63) is 57.4 Å². The van der Waals surface area contributed by atoms with Gasteiger partial charge in [0.1, 0.15) is 11.6 Å². The van der Waals surface area contributed by atoms with Gasteiger partial charge in [0.25, 0.3) is 0 Å². The van der Waals surface area contributed by atoms with Gasteiger partial charge in [0.2, 0.25) is 0 Å². The Bertz CT molecular complexity index is 535. The van der Waals surface area contributed by atoms with E-state index >= 15 is 0 Å². The first-order valence-electron chi connectivity index (χ1n) is 5.22. The molecule has 0 aliphatic rings. The predicted molar refractivity (Wildman–Crippen MR) is 70.3 cm³/mol. The molecule has 2 rings (SSSR count). The van der Waals surface area contributed by atoms with Crippen LogP contribution in [0.1, 0.15) is 16.7 Å². The summed E-state index contributed by atoms with van der Waals surface area (Å²) in [5, 5.41) is 0. The van der Waals surface area contributed by atoms with Crippen LogP contribution in [0.5, 0.6) is 0 Å². The fourth-order valence-corrected chi connectivity index (χ4v) is 2.03. The first kappa shape index (κ1) is 12.0. The highest BCUT2D eigenvalue weighted by molar-refractivity contribution is 9.10. The van der Waals surface area contributed by atoms with Gasteiger partial charge in [-0.3, -0.25) is 0 Å². The lowest BCUT2D eigenvalue weighted by Crippen LogP contribution is -2.02. The average molecular weight is 295 g/mol. The van der Waals surface area contributed by atoms with Crippen LogP contribution >= 0.6 is 15.9 Å². The minimum absolute atomic E-state index is 0.234. The second-order valence-corrected chi connectivity index (χ2v) is 4.82. The van der Waals surface area contributed by atoms with Gasteiger partial charge in [-0.2, -0.15) is 0 Å². The summed E-state index contributed by atoms with van der Waals surface area (Å²) >= 11 is 3.23. The molecule has 1 heterocycles. The lowest BCUT2D eigenvalue weighted by Gasteiger charge is -2.09. The number of hydrogen-bond donors (Lipinski definition) is 1. The summed E-state index contributed by atoms with van der Waals surface area (Å²) in [4.78, 5) is 4.03. The third kappa shape index (κ3) is 2.64. The molecule has 2 N–H and O–H groups in total. The summed E-state index contributed by atoms with van der Waals surface area (Å²) < 4.78 is 14.4. The number of nitrogens with zero attached hydrogens (tertiary/aromatic N) is 1. The van der Waals surface area contributed by atoms with Crippen molar-refractivity contribution in [1.29, 1.82) is 0 Å². The van der Waals surface area contributed by atoms with Crippen molar-refractivity contribution >= 4 is 21.7 Å². The third-order valence-electron chi connectivity index (χ3n) is 2.71. The maximum absolute atomic E-state index is 13.7. The molecule has 0 fully saturated rings. The summed E-state index contributed by atoms with van der Waals surface area (Å²) in [5.41, 5.74) is 8.34. The lowest BCUT2D eigenvalue weighted by atomic mass is 10.0. The van der Waals surface area contributed by atoms with Crippen LogP contribution in [0.3, 0.4) is 0 Å². The van der Waals surface area contributed by atoms with E-state index in [1.54, 1.807) is 12.3 Å². The summed E-state index contributed by atoms with van der Waals surface area (Å²) in [6, 6.07) is 6.91. The van der Waals surface area contributed by atoms with Gasteiger partial charge < -0.3 is 5.73 Å². The van der Waals surface area contributed by atoms with Crippen molar-refractivity contribution in [2.75, 3.05) is 5.73 Å². The van der Waals surface area contributed by atoms with Crippen LogP contribution in [-0.2, 0) is 6.42 Å². The average Bonchev–Trinajstić information content (AvgIpc) is 2.26. The van der Waals surface area contributed by atoms with Gasteiger partial charge in [-0.1, -0.05) is 22.0 Å². The molecule has 0 unspecified atom stereocenters. The fourth-order valence-electron chi connectivity index (χ4n) is 1.70. The minimum atomic E-state index is -0.234. The molecule has 4 heteroatoms. The zero-order chi connectivity index (χ0) is 12.4. The Morgan fingerprint density at radius 3 is 2.76 bits per heavy atom. The van der Waals surface area contributed by atoms with Gasteiger partial charge in [0.15, 0.2) is 0 Å². The van der Waals surface area contributed by atoms with Crippen LogP contribution in [0.2, 0.25) is 0 Å². The quantitative estimate of drug-likeness (QED) is 0.921. The molecular weight excluding hydrogens is 283 g/mol. The number of aromatic nitrogens is 1. The second kappa shape index (κ2) is 4.84. The summed E-state index contributed by atoms with van der Waals surface area (Å²) in [7, 11) is 0. The van der Waals surface area contributed by atoms with Crippen LogP contribution in [0.25, 0.3) is 0 Å². The van der Waals surface area contributed by atoms with Gasteiger partial charge in [-0.25, -0.2) is 9.37 Å². The molecule has 0 atom stereocenters. The van der Waals surface area contributed by atoms with Crippen molar-refractivity contribution in [1.82, 2.24) is 4.98 Å². The zero-order valence-electron chi connectivity index (χ0n) is 9.37. The predicted octanol–water partition coefficient (Wildman–Crippen LogP) is 3.46. The highest BCUT2D eigenvalue weighted by atomic mass is 79.9. The number of benzene rings is 1. The Morgan fingerprint density at radius 1 is 1.35 bits per heavy atom. The van der Waals surface area contributed by atoms with E-state index in [1.165, 1.54) is 6.07 Å². The van der Waals surface area contributed by atoms with Crippen molar-refractivity contribution in [3.63, 3.8) is 0 Å². The lowest BCUT2D eigenvalue weighted by molar-refractivity contribution is 0.613. The Morgan fingerprint density at radius 2 is 2.12 bits per heavy atom. The molecule has 0 saturated heterocycles. The van der Waals surface area contributed by atoms with E-state index in [0.717, 1.165) is 15.6 Å². The van der Waals surface area contributed by atoms with E-state index in [-0.39, 0.29) is 5.82 Å². The highest BCUT2D eigenvalue weighted by Crippen LogP contribution is 2.22. The number of rotatable bonds is 2. The SMILES string of the molecule is Cc1ccnc(N)c1Cc1ccc(Br)cc1F. The van der Waals surface area contributed by atoms with Crippen LogP contribution < -0.4 is 5.73 Å². The van der Waals surface area contributed by atoms with Crippen molar-refractivity contribution in [2.24, 2.45) is 0 Å². The summed E-state index contributed by atoms with van der Waals surface area (Å²) in [6.07, 6.45) is 2.12. The minimum Gasteiger partial charge on any atom is -0.383 e. The molecule has 1 aromatic heterocycles. The number of aryl methyl sites for hydroxylation is 1. The fraction of sp³-hybridized carbons (Fsp3) is 0.154. The Labute approximate surface area is 108 Å². The number of nitrogens with two attached hydrogens (primary N) is 1. The molecule has 1 aromatic carbocycles. The monoisotopic (exact) mass is 294 g/mol. The molecule has 17 heavy (non-hydrogen) atoms. The Kier molecular flexibility index (Phi) is 3.43. The van der Waals surface area contributed by atoms with E-state index in [0.29, 0.717) is 17.8 Å². The molecule has 0 radical (unpaired) electrons. The van der Waals surface area contributed by atoms with E-state index in [2.05, 4.69) is 20.9 Å². The number of halogens is 2. The molecule has 0 bridgehead atoms. The van der Waals surface area contributed by atoms with Gasteiger partial charge in [0, 0.05) is 22.7 Å². The topological polar surface area (TPSA) is 38.9 Å². The Hall–Kier alpha value is -1.42.